The molecule has 612 valence electrons. The maximum absolute atomic E-state index is 6.40. The van der Waals surface area contributed by atoms with Crippen molar-refractivity contribution in [2.24, 2.45) is 0 Å². The van der Waals surface area contributed by atoms with Gasteiger partial charge in [-0.3, -0.25) is 0 Å². The van der Waals surface area contributed by atoms with Gasteiger partial charge in [-0.1, -0.05) is 348 Å². The summed E-state index contributed by atoms with van der Waals surface area (Å²) in [6.45, 7) is 4.42. The molecular weight excluding hydrogens is 1580 g/mol. The molecule has 0 spiro atoms. The van der Waals surface area contributed by atoms with Crippen molar-refractivity contribution in [3.05, 3.63) is 466 Å². The summed E-state index contributed by atoms with van der Waals surface area (Å²) in [5, 5.41) is 18.6. The fraction of sp³-hybridized carbons (Fsp3) is 0.0413. The molecule has 128 heavy (non-hydrogen) atoms. The second-order valence-electron chi connectivity index (χ2n) is 32.6. The van der Waals surface area contributed by atoms with Crippen LogP contribution in [0.3, 0.4) is 0 Å². The molecule has 0 aliphatic rings. The lowest BCUT2D eigenvalue weighted by Crippen LogP contribution is -2.10. The predicted octanol–water partition coefficient (Wildman–Crippen LogP) is 35.4. The van der Waals surface area contributed by atoms with Gasteiger partial charge in [-0.15, -0.1) is 0 Å². The van der Waals surface area contributed by atoms with Crippen molar-refractivity contribution in [1.29, 1.82) is 0 Å². The molecule has 0 fully saturated rings. The van der Waals surface area contributed by atoms with Crippen LogP contribution < -0.4 is 10.2 Å². The van der Waals surface area contributed by atoms with Gasteiger partial charge >= 0.3 is 0 Å². The second kappa shape index (κ2) is 35.3. The minimum atomic E-state index is 0.736. The first-order valence-corrected chi connectivity index (χ1v) is 44.5. The largest absolute Gasteiger partial charge is 0.456 e. The molecule has 7 heteroatoms. The number of rotatable bonds is 15. The van der Waals surface area contributed by atoms with Gasteiger partial charge in [0, 0.05) is 87.9 Å². The minimum Gasteiger partial charge on any atom is -0.456 e. The van der Waals surface area contributed by atoms with E-state index in [0.717, 1.165) is 116 Å². The van der Waals surface area contributed by atoms with Crippen LogP contribution in [0.4, 0.5) is 28.4 Å². The van der Waals surface area contributed by atoms with E-state index in [1.807, 2.05) is 48.5 Å². The van der Waals surface area contributed by atoms with Gasteiger partial charge < -0.3 is 28.2 Å². The number of unbranched alkanes of at least 4 members (excludes halogenated alkanes) is 2. The average molecular weight is 1670 g/mol. The molecule has 4 heterocycles. The Morgan fingerprint density at radius 2 is 0.570 bits per heavy atom. The average Bonchev–Trinajstić information content (AvgIpc) is 1.59. The number of para-hydroxylation sites is 4. The van der Waals surface area contributed by atoms with Gasteiger partial charge in [0.05, 0.1) is 22.1 Å². The van der Waals surface area contributed by atoms with Crippen LogP contribution in [0.25, 0.3) is 187 Å². The van der Waals surface area contributed by atoms with E-state index in [-0.39, 0.29) is 0 Å². The van der Waals surface area contributed by atoms with Gasteiger partial charge in [0.15, 0.2) is 0 Å². The third-order valence-corrected chi connectivity index (χ3v) is 24.9. The highest BCUT2D eigenvalue weighted by Gasteiger charge is 2.22. The van der Waals surface area contributed by atoms with Gasteiger partial charge in [0.2, 0.25) is 0 Å². The number of nitrogens with zero attached hydrogens (tertiary/aromatic N) is 3. The smallest absolute Gasteiger partial charge is 0.135 e. The maximum atomic E-state index is 6.40. The van der Waals surface area contributed by atoms with Crippen LogP contribution >= 0.6 is 11.6 Å². The lowest BCUT2D eigenvalue weighted by Gasteiger charge is -2.26. The Morgan fingerprint density at radius 3 is 1.02 bits per heavy atom. The number of halogens is 1. The number of aromatic nitrogens is 2. The van der Waals surface area contributed by atoms with Crippen LogP contribution in [0, 0.1) is 0 Å². The number of hydrogen-bond donors (Lipinski definition) is 1. The van der Waals surface area contributed by atoms with Crippen molar-refractivity contribution < 1.29 is 8.83 Å². The lowest BCUT2D eigenvalue weighted by molar-refractivity contribution is 0.668. The van der Waals surface area contributed by atoms with E-state index in [1.54, 1.807) is 0 Å². The van der Waals surface area contributed by atoms with Gasteiger partial charge in [-0.2, -0.15) is 0 Å². The normalized spacial score (nSPS) is 11.3. The van der Waals surface area contributed by atoms with E-state index >= 15 is 0 Å². The van der Waals surface area contributed by atoms with Gasteiger partial charge in [0.1, 0.15) is 22.3 Å². The van der Waals surface area contributed by atoms with Crippen molar-refractivity contribution in [3.8, 4) is 78.1 Å². The summed E-state index contributed by atoms with van der Waals surface area (Å²) in [5.41, 5.74) is 30.3. The summed E-state index contributed by atoms with van der Waals surface area (Å²) in [5.74, 6) is 0. The molecule has 0 aliphatic heterocycles. The Hall–Kier alpha value is -16.0. The molecule has 0 amide bonds. The van der Waals surface area contributed by atoms with Gasteiger partial charge in [-0.05, 0) is 246 Å². The Labute approximate surface area is 749 Å². The van der Waals surface area contributed by atoms with Crippen LogP contribution in [-0.2, 0) is 0 Å². The van der Waals surface area contributed by atoms with E-state index in [9.17, 15) is 0 Å². The van der Waals surface area contributed by atoms with E-state index in [0.29, 0.717) is 0 Å². The van der Waals surface area contributed by atoms with E-state index in [4.69, 9.17) is 20.4 Å². The van der Waals surface area contributed by atoms with E-state index < -0.39 is 0 Å². The Balaban J connectivity index is 0.000000125. The molecule has 0 saturated heterocycles. The summed E-state index contributed by atoms with van der Waals surface area (Å²) in [6, 6.07) is 164. The quantitative estimate of drug-likeness (QED) is 0.111. The standard InChI is InChI=1S/C58H38N2O.C30H18ClNO.C28H21N.C5H12/c1-3-12-39(13-4-1)40-22-28-46(29-23-40)59(47-30-24-42(25-31-47)50-20-11-15-41-14-7-8-18-49(41)50)48-32-33-51-53-36-43(26-34-55(53)60(56(51)38-48)45-16-5-2-6-17-45)44-27-35-58-54(37-44)52-19-9-10-21-57(52)61-58;31-21-12-13-23-25-16-19(10-14-27(25)32(28(23)18-21)22-6-2-1-3-7-22)20-11-15-30-26(17-20)24-8-4-5-9-29(24)33-30;1-2-7-21(8-3-1)22-13-17-25(18-14-22)29-26-19-15-24(16-20-26)28-12-6-10-23-9-4-5-11-27(23)28;1-3-5-4-2/h1-38H;1-18H;1-20,29H;3-5H2,1-2H3. The van der Waals surface area contributed by atoms with Crippen molar-refractivity contribution in [2.45, 2.75) is 33.1 Å². The SMILES string of the molecule is CCCCC.Clc1ccc2c3cc(-c4ccc5oc6ccccc6c5c4)ccc3n(-c3ccccc3)c2c1.c1ccc(-c2ccc(N(c3ccc(-c4cccc5ccccc45)cc3)c3ccc4c5cc(-c6ccc7oc8ccccc8c7c6)ccc5n(-c5ccccc5)c4c3)cc2)cc1.c1ccc(-c2ccc(Nc3ccc(-c4cccc5ccccc45)cc3)cc2)cc1. The highest BCUT2D eigenvalue weighted by Crippen LogP contribution is 2.45. The van der Waals surface area contributed by atoms with Crippen LogP contribution in [0.5, 0.6) is 0 Å². The van der Waals surface area contributed by atoms with Crippen molar-refractivity contribution in [3.63, 3.8) is 0 Å². The topological polar surface area (TPSA) is 51.4 Å². The highest BCUT2D eigenvalue weighted by atomic mass is 35.5. The first-order chi connectivity index (χ1) is 63.3. The zero-order valence-corrected chi connectivity index (χ0v) is 71.8. The van der Waals surface area contributed by atoms with Gasteiger partial charge in [-0.25, -0.2) is 0 Å². The van der Waals surface area contributed by atoms with Crippen molar-refractivity contribution in [1.82, 2.24) is 9.13 Å². The van der Waals surface area contributed by atoms with Crippen LogP contribution in [0.15, 0.2) is 470 Å². The summed E-state index contributed by atoms with van der Waals surface area (Å²) in [4.78, 5) is 2.38. The molecule has 24 rings (SSSR count). The number of hydrogen-bond acceptors (Lipinski definition) is 4. The molecule has 1 N–H and O–H groups in total. The fourth-order valence-corrected chi connectivity index (χ4v) is 18.4. The second-order valence-corrected chi connectivity index (χ2v) is 33.1. The molecule has 4 aromatic heterocycles. The zero-order chi connectivity index (χ0) is 85.8. The number of fused-ring (bicyclic) bond motifs is 14. The number of benzene rings is 20. The van der Waals surface area contributed by atoms with Gasteiger partial charge in [0.25, 0.3) is 0 Å². The summed E-state index contributed by atoms with van der Waals surface area (Å²) in [6.07, 6.45) is 4.08. The monoisotopic (exact) mass is 1660 g/mol. The van der Waals surface area contributed by atoms with Crippen LogP contribution in [0.1, 0.15) is 33.1 Å². The van der Waals surface area contributed by atoms with Crippen LogP contribution in [0.2, 0.25) is 5.02 Å². The van der Waals surface area contributed by atoms with E-state index in [2.05, 4.69) is 446 Å². The van der Waals surface area contributed by atoms with Crippen molar-refractivity contribution in [2.75, 3.05) is 10.2 Å². The molecule has 24 aromatic rings. The van der Waals surface area contributed by atoms with Crippen molar-refractivity contribution >= 4 is 149 Å². The molecule has 20 aromatic carbocycles. The molecular formula is C121H89ClN4O2. The number of anilines is 5. The van der Waals surface area contributed by atoms with Crippen LogP contribution in [-0.4, -0.2) is 9.13 Å². The Morgan fingerprint density at radius 1 is 0.234 bits per heavy atom. The molecule has 0 aliphatic carbocycles. The first kappa shape index (κ1) is 79.2. The summed E-state index contributed by atoms with van der Waals surface area (Å²) < 4.78 is 16.9. The maximum Gasteiger partial charge on any atom is 0.135 e. The Kier molecular flexibility index (Phi) is 21.9. The summed E-state index contributed by atoms with van der Waals surface area (Å²) in [7, 11) is 0. The first-order valence-electron chi connectivity index (χ1n) is 44.1. The minimum absolute atomic E-state index is 0.736. The highest BCUT2D eigenvalue weighted by molar-refractivity contribution is 6.31. The molecule has 6 nitrogen and oxygen atoms in total. The Bertz CT molecular complexity index is 8110. The molecule has 0 unspecified atom stereocenters. The molecule has 0 atom stereocenters. The molecule has 0 bridgehead atoms. The predicted molar refractivity (Wildman–Crippen MR) is 545 cm³/mol. The zero-order valence-electron chi connectivity index (χ0n) is 71.0. The summed E-state index contributed by atoms with van der Waals surface area (Å²) >= 11 is 6.40. The fourth-order valence-electron chi connectivity index (χ4n) is 18.3. The molecule has 0 radical (unpaired) electrons. The third-order valence-electron chi connectivity index (χ3n) is 24.6. The number of furan rings is 2. The number of nitrogens with one attached hydrogen (secondary N) is 1. The lowest BCUT2D eigenvalue weighted by atomic mass is 9.98. The van der Waals surface area contributed by atoms with E-state index in [1.165, 1.54) is 124 Å². The third kappa shape index (κ3) is 15.8. The molecule has 0 saturated carbocycles.